The Morgan fingerprint density at radius 2 is 2.05 bits per heavy atom. The number of nitrogens with one attached hydrogen (secondary N) is 1. The summed E-state index contributed by atoms with van der Waals surface area (Å²) in [6.45, 7) is 5.36. The molecule has 1 aliphatic carbocycles. The van der Waals surface area contributed by atoms with Gasteiger partial charge in [0.05, 0.1) is 0 Å². The van der Waals surface area contributed by atoms with Gasteiger partial charge >= 0.3 is 0 Å². The topological polar surface area (TPSA) is 12.0 Å². The van der Waals surface area contributed by atoms with Crippen LogP contribution in [0.3, 0.4) is 0 Å². The lowest BCUT2D eigenvalue weighted by atomic mass is 9.73. The van der Waals surface area contributed by atoms with Gasteiger partial charge in [-0.25, -0.2) is 0 Å². The highest BCUT2D eigenvalue weighted by Crippen LogP contribution is 2.40. The molecule has 0 aliphatic heterocycles. The van der Waals surface area contributed by atoms with Crippen molar-refractivity contribution in [2.45, 2.75) is 38.6 Å². The second-order valence-electron chi connectivity index (χ2n) is 5.95. The molecule has 0 saturated heterocycles. The van der Waals surface area contributed by atoms with Crippen molar-refractivity contribution in [3.8, 4) is 0 Å². The maximum atomic E-state index is 3.66. The molecule has 0 aromatic heterocycles. The summed E-state index contributed by atoms with van der Waals surface area (Å²) in [5.41, 5.74) is 5.80. The van der Waals surface area contributed by atoms with E-state index in [1.54, 1.807) is 5.56 Å². The van der Waals surface area contributed by atoms with Gasteiger partial charge < -0.3 is 5.32 Å². The molecule has 0 saturated carbocycles. The Bertz CT molecular complexity index is 635. The van der Waals surface area contributed by atoms with Gasteiger partial charge in [0.2, 0.25) is 0 Å². The first-order chi connectivity index (χ1) is 10.2. The first-order valence-electron chi connectivity index (χ1n) is 7.76. The minimum atomic E-state index is 0.445. The highest BCUT2D eigenvalue weighted by molar-refractivity contribution is 9.10. The molecular weight excluding hydrogens is 322 g/mol. The van der Waals surface area contributed by atoms with Crippen LogP contribution in [-0.2, 0) is 6.42 Å². The molecule has 2 unspecified atom stereocenters. The van der Waals surface area contributed by atoms with E-state index in [0.717, 1.165) is 6.54 Å². The van der Waals surface area contributed by atoms with Crippen LogP contribution in [0.4, 0.5) is 0 Å². The number of rotatable bonds is 5. The van der Waals surface area contributed by atoms with Crippen molar-refractivity contribution in [1.29, 1.82) is 0 Å². The van der Waals surface area contributed by atoms with Crippen LogP contribution in [0.5, 0.6) is 0 Å². The minimum Gasteiger partial charge on any atom is -0.310 e. The lowest BCUT2D eigenvalue weighted by Gasteiger charge is -2.33. The van der Waals surface area contributed by atoms with Crippen molar-refractivity contribution in [2.75, 3.05) is 6.54 Å². The summed E-state index contributed by atoms with van der Waals surface area (Å²) >= 11 is 3.59. The predicted octanol–water partition coefficient (Wildman–Crippen LogP) is 5.14. The Balaban J connectivity index is 1.78. The SMILES string of the molecule is CCNC(CC1Cc2ccccc21)c1ccc(Br)c(C)c1. The van der Waals surface area contributed by atoms with E-state index in [9.17, 15) is 0 Å². The molecule has 1 aliphatic rings. The second kappa shape index (κ2) is 6.33. The molecule has 2 aromatic rings. The van der Waals surface area contributed by atoms with Crippen LogP contribution < -0.4 is 5.32 Å². The highest BCUT2D eigenvalue weighted by Gasteiger charge is 2.28. The summed E-state index contributed by atoms with van der Waals surface area (Å²) in [6, 6.07) is 16.0. The summed E-state index contributed by atoms with van der Waals surface area (Å²) in [5.74, 6) is 0.703. The lowest BCUT2D eigenvalue weighted by molar-refractivity contribution is 0.435. The van der Waals surface area contributed by atoms with Crippen LogP contribution in [0.1, 0.15) is 47.6 Å². The first kappa shape index (κ1) is 14.8. The molecule has 0 fully saturated rings. The molecular formula is C19H22BrN. The van der Waals surface area contributed by atoms with Crippen molar-refractivity contribution in [1.82, 2.24) is 5.32 Å². The molecule has 2 atom stereocenters. The van der Waals surface area contributed by atoms with Crippen molar-refractivity contribution in [2.24, 2.45) is 0 Å². The van der Waals surface area contributed by atoms with Crippen LogP contribution >= 0.6 is 15.9 Å². The number of hydrogen-bond donors (Lipinski definition) is 1. The third-order valence-corrected chi connectivity index (χ3v) is 5.41. The maximum Gasteiger partial charge on any atom is 0.0326 e. The molecule has 0 radical (unpaired) electrons. The molecule has 0 heterocycles. The van der Waals surface area contributed by atoms with Gasteiger partial charge in [0.1, 0.15) is 0 Å². The van der Waals surface area contributed by atoms with Gasteiger partial charge in [0.25, 0.3) is 0 Å². The third-order valence-electron chi connectivity index (χ3n) is 4.52. The second-order valence-corrected chi connectivity index (χ2v) is 6.81. The zero-order chi connectivity index (χ0) is 14.8. The average molecular weight is 344 g/mol. The fourth-order valence-corrected chi connectivity index (χ4v) is 3.57. The smallest absolute Gasteiger partial charge is 0.0326 e. The first-order valence-corrected chi connectivity index (χ1v) is 8.55. The predicted molar refractivity (Wildman–Crippen MR) is 92.8 cm³/mol. The Morgan fingerprint density at radius 1 is 1.24 bits per heavy atom. The van der Waals surface area contributed by atoms with Crippen LogP contribution in [0, 0.1) is 6.92 Å². The molecule has 3 rings (SSSR count). The minimum absolute atomic E-state index is 0.445. The molecule has 2 heteroatoms. The van der Waals surface area contributed by atoms with Gasteiger partial charge in [-0.3, -0.25) is 0 Å². The van der Waals surface area contributed by atoms with Gasteiger partial charge in [0.15, 0.2) is 0 Å². The van der Waals surface area contributed by atoms with Crippen molar-refractivity contribution in [3.05, 3.63) is 69.2 Å². The summed E-state index contributed by atoms with van der Waals surface area (Å²) in [5, 5.41) is 3.66. The van der Waals surface area contributed by atoms with Crippen LogP contribution in [0.25, 0.3) is 0 Å². The normalized spacial score (nSPS) is 18.0. The fraction of sp³-hybridized carbons (Fsp3) is 0.368. The van der Waals surface area contributed by atoms with E-state index in [-0.39, 0.29) is 0 Å². The Labute approximate surface area is 135 Å². The molecule has 2 aromatic carbocycles. The van der Waals surface area contributed by atoms with Gasteiger partial charge in [-0.2, -0.15) is 0 Å². The number of halogens is 1. The Morgan fingerprint density at radius 3 is 2.76 bits per heavy atom. The quantitative estimate of drug-likeness (QED) is 0.792. The van der Waals surface area contributed by atoms with Gasteiger partial charge in [0, 0.05) is 10.5 Å². The van der Waals surface area contributed by atoms with E-state index in [1.165, 1.54) is 34.0 Å². The van der Waals surface area contributed by atoms with Crippen molar-refractivity contribution < 1.29 is 0 Å². The number of fused-ring (bicyclic) bond motifs is 1. The van der Waals surface area contributed by atoms with Crippen molar-refractivity contribution >= 4 is 15.9 Å². The Hall–Kier alpha value is -1.12. The number of benzene rings is 2. The van der Waals surface area contributed by atoms with E-state index in [1.807, 2.05) is 0 Å². The molecule has 0 amide bonds. The van der Waals surface area contributed by atoms with E-state index >= 15 is 0 Å². The fourth-order valence-electron chi connectivity index (χ4n) is 3.33. The largest absolute Gasteiger partial charge is 0.310 e. The van der Waals surface area contributed by atoms with Crippen LogP contribution in [0.15, 0.2) is 46.9 Å². The van der Waals surface area contributed by atoms with E-state index < -0.39 is 0 Å². The number of aryl methyl sites for hydroxylation is 1. The lowest BCUT2D eigenvalue weighted by Crippen LogP contribution is -2.27. The summed E-state index contributed by atoms with van der Waals surface area (Å²) < 4.78 is 1.19. The summed E-state index contributed by atoms with van der Waals surface area (Å²) in [4.78, 5) is 0. The highest BCUT2D eigenvalue weighted by atomic mass is 79.9. The van der Waals surface area contributed by atoms with Gasteiger partial charge in [-0.15, -0.1) is 0 Å². The molecule has 21 heavy (non-hydrogen) atoms. The molecule has 1 nitrogen and oxygen atoms in total. The van der Waals surface area contributed by atoms with Gasteiger partial charge in [-0.1, -0.05) is 59.3 Å². The van der Waals surface area contributed by atoms with E-state index in [4.69, 9.17) is 0 Å². The molecule has 110 valence electrons. The van der Waals surface area contributed by atoms with Crippen molar-refractivity contribution in [3.63, 3.8) is 0 Å². The standard InChI is InChI=1S/C19H22BrN/c1-3-21-19(15-8-9-18(20)13(2)10-15)12-16-11-14-6-4-5-7-17(14)16/h4-10,16,19,21H,3,11-12H2,1-2H3. The van der Waals surface area contributed by atoms with E-state index in [0.29, 0.717) is 12.0 Å². The summed E-state index contributed by atoms with van der Waals surface area (Å²) in [6.07, 6.45) is 2.42. The molecule has 0 bridgehead atoms. The van der Waals surface area contributed by atoms with Crippen LogP contribution in [-0.4, -0.2) is 6.54 Å². The van der Waals surface area contributed by atoms with Gasteiger partial charge in [-0.05, 0) is 60.5 Å². The zero-order valence-electron chi connectivity index (χ0n) is 12.7. The Kier molecular flexibility index (Phi) is 4.46. The summed E-state index contributed by atoms with van der Waals surface area (Å²) in [7, 11) is 0. The number of hydrogen-bond acceptors (Lipinski definition) is 1. The third kappa shape index (κ3) is 3.07. The van der Waals surface area contributed by atoms with E-state index in [2.05, 4.69) is 77.6 Å². The van der Waals surface area contributed by atoms with Crippen LogP contribution in [0.2, 0.25) is 0 Å². The molecule has 1 N–H and O–H groups in total. The monoisotopic (exact) mass is 343 g/mol. The average Bonchev–Trinajstić information content (AvgIpc) is 2.46. The zero-order valence-corrected chi connectivity index (χ0v) is 14.3. The maximum absolute atomic E-state index is 3.66. The molecule has 0 spiro atoms.